The van der Waals surface area contributed by atoms with Crippen molar-refractivity contribution in [2.75, 3.05) is 19.8 Å². The zero-order valence-electron chi connectivity index (χ0n) is 45.8. The van der Waals surface area contributed by atoms with Crippen LogP contribution in [-0.2, 0) is 47.5 Å². The quantitative estimate of drug-likeness (QED) is 0.0527. The molecule has 79 heavy (non-hydrogen) atoms. The molecule has 25 nitrogen and oxygen atoms in total. The molecule has 5 aliphatic carbocycles. The van der Waals surface area contributed by atoms with Gasteiger partial charge in [0.05, 0.1) is 43.5 Å². The molecule has 4 saturated heterocycles. The molecule has 0 bridgehead atoms. The summed E-state index contributed by atoms with van der Waals surface area (Å²) in [4.78, 5) is 26.8. The van der Waals surface area contributed by atoms with Crippen molar-refractivity contribution in [3.05, 3.63) is 11.6 Å². The topological polar surface area (TPSA) is 411 Å². The first kappa shape index (κ1) is 61.4. The summed E-state index contributed by atoms with van der Waals surface area (Å²) in [6.45, 7) is 11.8. The second kappa shape index (κ2) is 22.0. The van der Waals surface area contributed by atoms with Crippen molar-refractivity contribution in [3.8, 4) is 0 Å². The molecule has 31 atom stereocenters. The van der Waals surface area contributed by atoms with Crippen molar-refractivity contribution in [2.45, 2.75) is 241 Å². The van der Waals surface area contributed by atoms with Gasteiger partial charge in [0.25, 0.3) is 0 Å². The van der Waals surface area contributed by atoms with E-state index in [-0.39, 0.29) is 36.0 Å². The molecule has 0 unspecified atom stereocenters. The lowest BCUT2D eigenvalue weighted by Gasteiger charge is -2.71. The first-order valence-corrected chi connectivity index (χ1v) is 27.9. The molecule has 0 aromatic carbocycles. The van der Waals surface area contributed by atoms with Gasteiger partial charge in [0, 0.05) is 10.8 Å². The van der Waals surface area contributed by atoms with E-state index in [0.29, 0.717) is 38.5 Å². The number of carboxylic acid groups (broad SMARTS) is 1. The maximum atomic E-state index is 14.3. The molecule has 4 aliphatic heterocycles. The van der Waals surface area contributed by atoms with Gasteiger partial charge in [-0.2, -0.15) is 0 Å². The standard InChI is InChI=1S/C54H86O25/c1-21-30(59)33(62)38(67)44(72-21)77-41-35(64)32(61)25(19-56)74-46(41)78-42-37(66)36(65)40(43(69)70)76-47(42)75-29-11-12-51(4)26(52(29,5)20-57)10-13-54(7)27(51)9-8-22-23-16-49(2,17-28(58)50(23,3)14-15-53(22,54)6)48(71)79-45-39(68)34(63)31(60)24(18-55)73-45/h8,21,23-42,44-47,55-68H,9-20H2,1-7H3,(H,69,70)/t21-,23-,24+,25+,26+,27+,28+,29-,30-,31+,32+,33+,34-,35-,36-,37-,38+,39+,40-,41+,42+,44-,45-,46-,47+,49-,50+,51-,52+,53+,54+/m0/s1. The Morgan fingerprint density at radius 2 is 1.15 bits per heavy atom. The Hall–Kier alpha value is -2.16. The number of aliphatic hydroxyl groups excluding tert-OH is 14. The Morgan fingerprint density at radius 1 is 0.582 bits per heavy atom. The average molecular weight is 1140 g/mol. The number of esters is 1. The van der Waals surface area contributed by atoms with Crippen LogP contribution in [0.3, 0.4) is 0 Å². The lowest BCUT2D eigenvalue weighted by molar-refractivity contribution is -0.396. The second-order valence-corrected chi connectivity index (χ2v) is 26.1. The number of carbonyl (C=O) groups is 2. The number of ether oxygens (including phenoxy) is 8. The van der Waals surface area contributed by atoms with E-state index in [0.717, 1.165) is 12.0 Å². The number of aliphatic hydroxyl groups is 14. The summed E-state index contributed by atoms with van der Waals surface area (Å²) in [7, 11) is 0. The van der Waals surface area contributed by atoms with Crippen LogP contribution in [0, 0.1) is 50.2 Å². The van der Waals surface area contributed by atoms with Gasteiger partial charge in [-0.25, -0.2) is 4.79 Å². The van der Waals surface area contributed by atoms with Crippen molar-refractivity contribution in [1.29, 1.82) is 0 Å². The number of aliphatic carboxylic acids is 1. The van der Waals surface area contributed by atoms with Crippen LogP contribution in [0.5, 0.6) is 0 Å². The molecule has 0 spiro atoms. The van der Waals surface area contributed by atoms with E-state index in [4.69, 9.17) is 37.9 Å². The van der Waals surface area contributed by atoms with Gasteiger partial charge >= 0.3 is 11.9 Å². The SMILES string of the molecule is C[C@@H]1O[C@@H](O[C@H]2[C@H](O[C@H]3[C@H](O[C@H]4CC[C@@]5(C)[C@@H](CC[C@]6(C)[C@@H]5CC=C5[C@@H]7C[C@](C)(C(=O)O[C@@H]8O[C@H](CO)[C@@H](O)[C@H](O)[C@H]8O)C[C@@H](O)[C@]7(C)CC[C@]56C)[C@@]4(C)CO)O[C@H](C(=O)O)[C@@H](O)[C@@H]3O)O[C@H](CO)[C@@H](O)[C@@H]2O)[C@H](O)[C@H](O)[C@H]1O. The summed E-state index contributed by atoms with van der Waals surface area (Å²) >= 11 is 0. The van der Waals surface area contributed by atoms with Gasteiger partial charge in [0.15, 0.2) is 25.0 Å². The Bertz CT molecular complexity index is 2240. The zero-order valence-corrected chi connectivity index (χ0v) is 45.8. The summed E-state index contributed by atoms with van der Waals surface area (Å²) in [6.07, 6.45) is -30.5. The number of allylic oxidation sites excluding steroid dienone is 2. The smallest absolute Gasteiger partial charge is 0.335 e. The van der Waals surface area contributed by atoms with Gasteiger partial charge in [-0.1, -0.05) is 46.3 Å². The number of fused-ring (bicyclic) bond motifs is 7. The number of carboxylic acids is 1. The highest BCUT2D eigenvalue weighted by Gasteiger charge is 2.71. The number of hydrogen-bond donors (Lipinski definition) is 15. The highest BCUT2D eigenvalue weighted by atomic mass is 16.8. The molecule has 0 radical (unpaired) electrons. The lowest BCUT2D eigenvalue weighted by Crippen LogP contribution is -2.68. The molecular formula is C54H86O25. The number of rotatable bonds is 12. The number of hydrogen-bond acceptors (Lipinski definition) is 24. The monoisotopic (exact) mass is 1130 g/mol. The van der Waals surface area contributed by atoms with Crippen molar-refractivity contribution in [3.63, 3.8) is 0 Å². The van der Waals surface area contributed by atoms with Crippen molar-refractivity contribution in [2.24, 2.45) is 50.2 Å². The summed E-state index contributed by atoms with van der Waals surface area (Å²) in [6, 6.07) is 0. The van der Waals surface area contributed by atoms with Crippen LogP contribution in [-0.4, -0.2) is 243 Å². The van der Waals surface area contributed by atoms with Crippen LogP contribution in [0.25, 0.3) is 0 Å². The normalized spacial score (nSPS) is 55.7. The molecule has 4 saturated carbocycles. The molecule has 0 aromatic rings. The van der Waals surface area contributed by atoms with Gasteiger partial charge in [-0.05, 0) is 106 Å². The van der Waals surface area contributed by atoms with Gasteiger partial charge in [-0.15, -0.1) is 0 Å². The highest BCUT2D eigenvalue weighted by Crippen LogP contribution is 2.76. The zero-order chi connectivity index (χ0) is 58.0. The van der Waals surface area contributed by atoms with Crippen LogP contribution in [0.2, 0.25) is 0 Å². The molecule has 15 N–H and O–H groups in total. The van der Waals surface area contributed by atoms with E-state index in [1.165, 1.54) is 6.92 Å². The third-order valence-corrected chi connectivity index (χ3v) is 21.9. The van der Waals surface area contributed by atoms with E-state index >= 15 is 0 Å². The Balaban J connectivity index is 0.971. The van der Waals surface area contributed by atoms with Gasteiger partial charge < -0.3 is 114 Å². The van der Waals surface area contributed by atoms with Gasteiger partial charge in [-0.3, -0.25) is 4.79 Å². The minimum Gasteiger partial charge on any atom is -0.479 e. The molecule has 9 rings (SSSR count). The third-order valence-electron chi connectivity index (χ3n) is 21.9. The predicted octanol–water partition coefficient (Wildman–Crippen LogP) is -2.97. The Kier molecular flexibility index (Phi) is 17.1. The maximum Gasteiger partial charge on any atom is 0.335 e. The van der Waals surface area contributed by atoms with Gasteiger partial charge in [0.1, 0.15) is 85.5 Å². The minimum absolute atomic E-state index is 0.0239. The van der Waals surface area contributed by atoms with E-state index < -0.39 is 194 Å². The molecular weight excluding hydrogens is 1050 g/mol. The Morgan fingerprint density at radius 3 is 1.77 bits per heavy atom. The van der Waals surface area contributed by atoms with E-state index in [2.05, 4.69) is 33.8 Å². The first-order valence-electron chi connectivity index (χ1n) is 27.9. The largest absolute Gasteiger partial charge is 0.479 e. The summed E-state index contributed by atoms with van der Waals surface area (Å²) in [5.41, 5.74) is -3.09. The molecule has 452 valence electrons. The van der Waals surface area contributed by atoms with E-state index in [9.17, 15) is 86.2 Å². The Labute approximate surface area is 457 Å². The fraction of sp³-hybridized carbons (Fsp3) is 0.926. The average Bonchev–Trinajstić information content (AvgIpc) is 3.52. The van der Waals surface area contributed by atoms with Crippen molar-refractivity contribution < 1.29 is 124 Å². The fourth-order valence-electron chi connectivity index (χ4n) is 16.5. The number of carbonyl (C=O) groups excluding carboxylic acids is 1. The minimum atomic E-state index is -2.13. The van der Waals surface area contributed by atoms with Crippen LogP contribution in [0.1, 0.15) is 106 Å². The second-order valence-electron chi connectivity index (χ2n) is 26.1. The first-order chi connectivity index (χ1) is 36.9. The summed E-state index contributed by atoms with van der Waals surface area (Å²) in [5.74, 6) is -2.91. The highest BCUT2D eigenvalue weighted by molar-refractivity contribution is 5.77. The van der Waals surface area contributed by atoms with Crippen LogP contribution < -0.4 is 0 Å². The predicted molar refractivity (Wildman–Crippen MR) is 265 cm³/mol. The fourth-order valence-corrected chi connectivity index (χ4v) is 16.5. The van der Waals surface area contributed by atoms with Crippen LogP contribution in [0.4, 0.5) is 0 Å². The molecule has 25 heteroatoms. The van der Waals surface area contributed by atoms with Crippen molar-refractivity contribution >= 4 is 11.9 Å². The van der Waals surface area contributed by atoms with Crippen LogP contribution in [0.15, 0.2) is 11.6 Å². The van der Waals surface area contributed by atoms with Crippen molar-refractivity contribution in [1.82, 2.24) is 0 Å². The van der Waals surface area contributed by atoms with E-state index in [1.807, 2.05) is 6.92 Å². The molecule has 0 amide bonds. The van der Waals surface area contributed by atoms with Gasteiger partial charge in [0.2, 0.25) is 6.29 Å². The summed E-state index contributed by atoms with van der Waals surface area (Å²) in [5, 5.41) is 162. The molecule has 0 aromatic heterocycles. The third kappa shape index (κ3) is 9.76. The molecule has 4 heterocycles. The lowest BCUT2D eigenvalue weighted by atomic mass is 9.33. The summed E-state index contributed by atoms with van der Waals surface area (Å²) < 4.78 is 47.5. The maximum absolute atomic E-state index is 14.3. The molecule has 9 aliphatic rings. The van der Waals surface area contributed by atoms with Crippen LogP contribution >= 0.6 is 0 Å². The van der Waals surface area contributed by atoms with E-state index in [1.54, 1.807) is 6.92 Å². The molecule has 8 fully saturated rings.